The topological polar surface area (TPSA) is 79.9 Å². The van der Waals surface area contributed by atoms with Crippen molar-refractivity contribution in [2.45, 2.75) is 38.9 Å². The number of rotatable bonds is 6. The summed E-state index contributed by atoms with van der Waals surface area (Å²) in [7, 11) is 0. The van der Waals surface area contributed by atoms with Crippen LogP contribution in [0, 0.1) is 12.8 Å². The van der Waals surface area contributed by atoms with Crippen molar-refractivity contribution in [1.82, 2.24) is 15.5 Å². The molecule has 7 heteroatoms. The second-order valence-corrected chi connectivity index (χ2v) is 9.41. The summed E-state index contributed by atoms with van der Waals surface area (Å²) < 4.78 is 10.8. The van der Waals surface area contributed by atoms with Crippen LogP contribution in [0.4, 0.5) is 4.79 Å². The van der Waals surface area contributed by atoms with Crippen LogP contribution >= 0.6 is 0 Å². The number of hydrogen-bond acceptors (Lipinski definition) is 4. The zero-order valence-electron chi connectivity index (χ0n) is 20.4. The molecule has 2 heterocycles. The Morgan fingerprint density at radius 2 is 1.67 bits per heavy atom. The predicted molar refractivity (Wildman–Crippen MR) is 136 cm³/mol. The van der Waals surface area contributed by atoms with Crippen molar-refractivity contribution in [1.29, 1.82) is 0 Å². The quantitative estimate of drug-likeness (QED) is 0.530. The highest BCUT2D eigenvalue weighted by Gasteiger charge is 2.35. The molecule has 0 saturated carbocycles. The minimum absolute atomic E-state index is 0.0452. The maximum Gasteiger partial charge on any atom is 0.318 e. The lowest BCUT2D eigenvalue weighted by atomic mass is 9.88. The van der Waals surface area contributed by atoms with Gasteiger partial charge in [0.15, 0.2) is 11.5 Å². The number of likely N-dealkylation sites (tertiary alicyclic amines) is 1. The fourth-order valence-corrected chi connectivity index (χ4v) is 4.89. The molecule has 3 aromatic carbocycles. The third-order valence-corrected chi connectivity index (χ3v) is 6.83. The third kappa shape index (κ3) is 5.46. The van der Waals surface area contributed by atoms with Crippen LogP contribution in [0.2, 0.25) is 0 Å². The van der Waals surface area contributed by atoms with Gasteiger partial charge in [0.1, 0.15) is 0 Å². The molecule has 0 aliphatic carbocycles. The Morgan fingerprint density at radius 1 is 0.861 bits per heavy atom. The van der Waals surface area contributed by atoms with Crippen LogP contribution in [-0.2, 0) is 17.9 Å². The second kappa shape index (κ2) is 10.7. The van der Waals surface area contributed by atoms with Crippen LogP contribution in [0.1, 0.15) is 41.1 Å². The van der Waals surface area contributed by atoms with E-state index in [1.807, 2.05) is 59.5 Å². The molecule has 186 valence electrons. The van der Waals surface area contributed by atoms with E-state index in [1.54, 1.807) is 0 Å². The second-order valence-electron chi connectivity index (χ2n) is 9.41. The summed E-state index contributed by atoms with van der Waals surface area (Å²) in [6.07, 6.45) is 1.44. The summed E-state index contributed by atoms with van der Waals surface area (Å²) in [6.45, 7) is 3.48. The number of carbonyl (C=O) groups is 2. The highest BCUT2D eigenvalue weighted by Crippen LogP contribution is 2.35. The summed E-state index contributed by atoms with van der Waals surface area (Å²) in [5.41, 5.74) is 4.23. The number of carbonyl (C=O) groups excluding carboxylic acids is 2. The van der Waals surface area contributed by atoms with Gasteiger partial charge in [-0.25, -0.2) is 4.79 Å². The van der Waals surface area contributed by atoms with Crippen molar-refractivity contribution in [2.75, 3.05) is 13.3 Å². The molecule has 3 amide bonds. The molecule has 3 aromatic rings. The van der Waals surface area contributed by atoms with E-state index >= 15 is 0 Å². The van der Waals surface area contributed by atoms with Crippen LogP contribution in [0.25, 0.3) is 0 Å². The van der Waals surface area contributed by atoms with Crippen molar-refractivity contribution in [3.8, 4) is 11.5 Å². The number of benzene rings is 3. The average molecular weight is 486 g/mol. The van der Waals surface area contributed by atoms with Gasteiger partial charge in [-0.15, -0.1) is 0 Å². The number of nitrogens with zero attached hydrogens (tertiary/aromatic N) is 1. The molecule has 1 fully saturated rings. The minimum atomic E-state index is -0.275. The Kier molecular flexibility index (Phi) is 7.07. The summed E-state index contributed by atoms with van der Waals surface area (Å²) in [5, 5.41) is 6.10. The van der Waals surface area contributed by atoms with Crippen molar-refractivity contribution in [3.05, 3.63) is 95.1 Å². The fraction of sp³-hybridized carbons (Fsp3) is 0.310. The van der Waals surface area contributed by atoms with E-state index in [-0.39, 0.29) is 30.7 Å². The molecule has 0 spiro atoms. The normalized spacial score (nSPS) is 18.5. The highest BCUT2D eigenvalue weighted by molar-refractivity contribution is 5.81. The third-order valence-electron chi connectivity index (χ3n) is 6.83. The van der Waals surface area contributed by atoms with Gasteiger partial charge in [-0.1, -0.05) is 66.2 Å². The standard InChI is InChI=1S/C29H31N3O4/c1-20-6-5-9-23(14-20)25-12-11-24(18-32(25)29(34)31-16-21-7-3-2-4-8-21)28(33)30-17-22-10-13-26-27(15-22)36-19-35-26/h2-10,13-15,24-25H,11-12,16-19H2,1H3,(H,30,33)(H,31,34). The number of hydrogen-bond donors (Lipinski definition) is 2. The molecule has 2 unspecified atom stereocenters. The molecule has 0 bridgehead atoms. The van der Waals surface area contributed by atoms with E-state index < -0.39 is 0 Å². The summed E-state index contributed by atoms with van der Waals surface area (Å²) in [4.78, 5) is 28.3. The number of fused-ring (bicyclic) bond motifs is 1. The molecule has 5 rings (SSSR count). The van der Waals surface area contributed by atoms with E-state index in [4.69, 9.17) is 9.47 Å². The number of ether oxygens (including phenoxy) is 2. The van der Waals surface area contributed by atoms with Gasteiger partial charge in [0, 0.05) is 19.6 Å². The first-order valence-electron chi connectivity index (χ1n) is 12.4. The van der Waals surface area contributed by atoms with Crippen LogP contribution in [0.3, 0.4) is 0 Å². The molecule has 0 radical (unpaired) electrons. The molecule has 36 heavy (non-hydrogen) atoms. The predicted octanol–water partition coefficient (Wildman–Crippen LogP) is 4.70. The van der Waals surface area contributed by atoms with Gasteiger partial charge >= 0.3 is 6.03 Å². The van der Waals surface area contributed by atoms with Gasteiger partial charge in [0.05, 0.1) is 12.0 Å². The van der Waals surface area contributed by atoms with Gasteiger partial charge in [-0.2, -0.15) is 0 Å². The van der Waals surface area contributed by atoms with E-state index in [0.29, 0.717) is 31.8 Å². The molecule has 7 nitrogen and oxygen atoms in total. The Morgan fingerprint density at radius 3 is 2.50 bits per heavy atom. The Hall–Kier alpha value is -4.00. The van der Waals surface area contributed by atoms with Crippen LogP contribution in [0.5, 0.6) is 11.5 Å². The molecular formula is C29H31N3O4. The maximum absolute atomic E-state index is 13.4. The van der Waals surface area contributed by atoms with Crippen molar-refractivity contribution in [3.63, 3.8) is 0 Å². The molecule has 1 saturated heterocycles. The molecule has 2 aliphatic rings. The van der Waals surface area contributed by atoms with Crippen LogP contribution in [0.15, 0.2) is 72.8 Å². The number of amides is 3. The lowest BCUT2D eigenvalue weighted by Crippen LogP contribution is -2.50. The fourth-order valence-electron chi connectivity index (χ4n) is 4.89. The van der Waals surface area contributed by atoms with E-state index in [0.717, 1.165) is 34.4 Å². The summed E-state index contributed by atoms with van der Waals surface area (Å²) >= 11 is 0. The van der Waals surface area contributed by atoms with Crippen molar-refractivity contribution >= 4 is 11.9 Å². The van der Waals surface area contributed by atoms with E-state index in [9.17, 15) is 9.59 Å². The smallest absolute Gasteiger partial charge is 0.318 e. The molecule has 2 atom stereocenters. The largest absolute Gasteiger partial charge is 0.454 e. The number of nitrogens with one attached hydrogen (secondary N) is 2. The minimum Gasteiger partial charge on any atom is -0.454 e. The highest BCUT2D eigenvalue weighted by atomic mass is 16.7. The first-order chi connectivity index (χ1) is 17.6. The lowest BCUT2D eigenvalue weighted by Gasteiger charge is -2.39. The van der Waals surface area contributed by atoms with Crippen LogP contribution in [-0.4, -0.2) is 30.2 Å². The number of aryl methyl sites for hydroxylation is 1. The molecule has 2 aliphatic heterocycles. The Bertz CT molecular complexity index is 1230. The Balaban J connectivity index is 1.26. The summed E-state index contributed by atoms with van der Waals surface area (Å²) in [5.74, 6) is 1.09. The monoisotopic (exact) mass is 485 g/mol. The Labute approximate surface area is 211 Å². The molecular weight excluding hydrogens is 454 g/mol. The van der Waals surface area contributed by atoms with Gasteiger partial charge in [-0.3, -0.25) is 4.79 Å². The zero-order valence-corrected chi connectivity index (χ0v) is 20.4. The van der Waals surface area contributed by atoms with Gasteiger partial charge in [0.25, 0.3) is 0 Å². The first kappa shape index (κ1) is 23.7. The molecule has 0 aromatic heterocycles. The first-order valence-corrected chi connectivity index (χ1v) is 12.4. The number of urea groups is 1. The zero-order chi connectivity index (χ0) is 24.9. The van der Waals surface area contributed by atoms with Gasteiger partial charge in [0.2, 0.25) is 12.7 Å². The maximum atomic E-state index is 13.4. The molecule has 2 N–H and O–H groups in total. The van der Waals surface area contributed by atoms with Gasteiger partial charge < -0.3 is 25.0 Å². The lowest BCUT2D eigenvalue weighted by molar-refractivity contribution is -0.126. The van der Waals surface area contributed by atoms with Crippen LogP contribution < -0.4 is 20.1 Å². The number of piperidine rings is 1. The van der Waals surface area contributed by atoms with E-state index in [1.165, 1.54) is 0 Å². The van der Waals surface area contributed by atoms with Crippen molar-refractivity contribution < 1.29 is 19.1 Å². The SMILES string of the molecule is Cc1cccc(C2CCC(C(=O)NCc3ccc4c(c3)OCO4)CN2C(=O)NCc2ccccc2)c1. The van der Waals surface area contributed by atoms with Gasteiger partial charge in [-0.05, 0) is 48.6 Å². The average Bonchev–Trinajstić information content (AvgIpc) is 3.38. The van der Waals surface area contributed by atoms with Crippen molar-refractivity contribution in [2.24, 2.45) is 5.92 Å². The van der Waals surface area contributed by atoms with E-state index in [2.05, 4.69) is 35.8 Å². The summed E-state index contributed by atoms with van der Waals surface area (Å²) in [6, 6.07) is 23.6.